The molecule has 0 atom stereocenters. The number of carboxylic acids is 1. The summed E-state index contributed by atoms with van der Waals surface area (Å²) in [5.74, 6) is -0.189. The largest absolute Gasteiger partial charge is 0.493 e. The Hall–Kier alpha value is -2.98. The van der Waals surface area contributed by atoms with Gasteiger partial charge in [-0.1, -0.05) is 29.3 Å². The second-order valence-electron chi connectivity index (χ2n) is 7.98. The molecule has 0 unspecified atom stereocenters. The average Bonchev–Trinajstić information content (AvgIpc) is 3.18. The Balaban J connectivity index is 1.57. The standard InChI is InChI=1S/C27H21BrCl2N2O5S/c1-3-32-25(33)23(38-27(32)31-18-7-5-17(6-8-18)26(34)35)13-16-10-19(28)24(22(12-16)36-2)37-14-15-4-9-20(29)21(30)11-15/h4-13H,3,14H2,1-2H3,(H,34,35)/b23-13-,31-27?. The van der Waals surface area contributed by atoms with E-state index in [4.69, 9.17) is 37.8 Å². The van der Waals surface area contributed by atoms with Crippen molar-refractivity contribution in [3.05, 3.63) is 90.7 Å². The quantitative estimate of drug-likeness (QED) is 0.256. The third-order valence-electron chi connectivity index (χ3n) is 5.46. The molecule has 3 aromatic carbocycles. The van der Waals surface area contributed by atoms with Crippen molar-refractivity contribution >= 4 is 79.7 Å². The first-order chi connectivity index (χ1) is 18.2. The van der Waals surface area contributed by atoms with Crippen molar-refractivity contribution in [1.29, 1.82) is 0 Å². The van der Waals surface area contributed by atoms with E-state index in [1.165, 1.54) is 23.9 Å². The molecule has 0 saturated carbocycles. The van der Waals surface area contributed by atoms with E-state index in [-0.39, 0.29) is 18.1 Å². The number of halogens is 3. The van der Waals surface area contributed by atoms with Gasteiger partial charge >= 0.3 is 5.97 Å². The predicted octanol–water partition coefficient (Wildman–Crippen LogP) is 7.67. The number of thioether (sulfide) groups is 1. The molecule has 1 saturated heterocycles. The molecule has 0 spiro atoms. The fourth-order valence-electron chi connectivity index (χ4n) is 3.56. The summed E-state index contributed by atoms with van der Waals surface area (Å²) in [6.07, 6.45) is 1.77. The van der Waals surface area contributed by atoms with Crippen LogP contribution in [0.5, 0.6) is 11.5 Å². The number of amides is 1. The molecule has 38 heavy (non-hydrogen) atoms. The molecular formula is C27H21BrCl2N2O5S. The van der Waals surface area contributed by atoms with Crippen LogP contribution in [-0.2, 0) is 11.4 Å². The number of carbonyl (C=O) groups is 2. The second kappa shape index (κ2) is 12.3. The first-order valence-corrected chi connectivity index (χ1v) is 13.6. The van der Waals surface area contributed by atoms with Gasteiger partial charge in [0.2, 0.25) is 0 Å². The highest BCUT2D eigenvalue weighted by atomic mass is 79.9. The molecular weight excluding hydrogens is 615 g/mol. The number of ether oxygens (including phenoxy) is 2. The van der Waals surface area contributed by atoms with Crippen molar-refractivity contribution in [2.24, 2.45) is 4.99 Å². The number of carbonyl (C=O) groups excluding carboxylic acids is 1. The summed E-state index contributed by atoms with van der Waals surface area (Å²) in [5.41, 5.74) is 2.30. The van der Waals surface area contributed by atoms with E-state index < -0.39 is 5.97 Å². The van der Waals surface area contributed by atoms with Crippen molar-refractivity contribution in [3.63, 3.8) is 0 Å². The molecule has 1 N–H and O–H groups in total. The maximum atomic E-state index is 13.1. The van der Waals surface area contributed by atoms with Crippen LogP contribution in [0.15, 0.2) is 69.0 Å². The van der Waals surface area contributed by atoms with E-state index in [0.29, 0.717) is 48.3 Å². The number of hydrogen-bond donors (Lipinski definition) is 1. The number of amidine groups is 1. The van der Waals surface area contributed by atoms with Gasteiger partial charge in [0, 0.05) is 6.54 Å². The summed E-state index contributed by atoms with van der Waals surface area (Å²) in [7, 11) is 1.54. The number of hydrogen-bond acceptors (Lipinski definition) is 6. The molecule has 4 rings (SSSR count). The Bertz CT molecular complexity index is 1460. The molecule has 0 aromatic heterocycles. The fourth-order valence-corrected chi connectivity index (χ4v) is 5.52. The van der Waals surface area contributed by atoms with E-state index in [1.54, 1.807) is 48.4 Å². The Kier molecular flexibility index (Phi) is 9.04. The topological polar surface area (TPSA) is 88.4 Å². The Morgan fingerprint density at radius 1 is 1.13 bits per heavy atom. The number of rotatable bonds is 8. The first-order valence-electron chi connectivity index (χ1n) is 11.3. The minimum Gasteiger partial charge on any atom is -0.493 e. The van der Waals surface area contributed by atoms with E-state index in [2.05, 4.69) is 20.9 Å². The molecule has 11 heteroatoms. The number of methoxy groups -OCH3 is 1. The van der Waals surface area contributed by atoms with Gasteiger partial charge in [0.05, 0.1) is 37.8 Å². The van der Waals surface area contributed by atoms with E-state index in [9.17, 15) is 9.59 Å². The van der Waals surface area contributed by atoms with Gasteiger partial charge in [-0.25, -0.2) is 9.79 Å². The van der Waals surface area contributed by atoms with Gasteiger partial charge in [0.15, 0.2) is 16.7 Å². The normalized spacial score (nSPS) is 15.4. The van der Waals surface area contributed by atoms with Crippen molar-refractivity contribution in [3.8, 4) is 11.5 Å². The van der Waals surface area contributed by atoms with Crippen molar-refractivity contribution in [1.82, 2.24) is 4.90 Å². The highest BCUT2D eigenvalue weighted by Gasteiger charge is 2.32. The molecule has 0 bridgehead atoms. The molecule has 1 aliphatic rings. The number of likely N-dealkylation sites (N-methyl/N-ethyl adjacent to an activating group) is 1. The van der Waals surface area contributed by atoms with Gasteiger partial charge < -0.3 is 14.6 Å². The van der Waals surface area contributed by atoms with Crippen LogP contribution >= 0.6 is 50.9 Å². The zero-order chi connectivity index (χ0) is 27.4. The monoisotopic (exact) mass is 634 g/mol. The first kappa shape index (κ1) is 28.0. The summed E-state index contributed by atoms with van der Waals surface area (Å²) in [6, 6.07) is 15.1. The Morgan fingerprint density at radius 3 is 2.50 bits per heavy atom. The van der Waals surface area contributed by atoms with Gasteiger partial charge in [-0.3, -0.25) is 9.69 Å². The minimum atomic E-state index is -1.01. The van der Waals surface area contributed by atoms with Crippen molar-refractivity contribution in [2.45, 2.75) is 13.5 Å². The molecule has 1 amide bonds. The number of nitrogens with zero attached hydrogens (tertiary/aromatic N) is 2. The van der Waals surface area contributed by atoms with Crippen molar-refractivity contribution < 1.29 is 24.2 Å². The summed E-state index contributed by atoms with van der Waals surface area (Å²) >= 11 is 16.9. The number of aliphatic imine (C=N–C) groups is 1. The molecule has 1 fully saturated rings. The number of benzene rings is 3. The zero-order valence-corrected chi connectivity index (χ0v) is 24.1. The average molecular weight is 636 g/mol. The minimum absolute atomic E-state index is 0.168. The van der Waals surface area contributed by atoms with E-state index in [1.807, 2.05) is 19.1 Å². The lowest BCUT2D eigenvalue weighted by Gasteiger charge is -2.14. The molecule has 0 aliphatic carbocycles. The van der Waals surface area contributed by atoms with Gasteiger partial charge in [-0.2, -0.15) is 0 Å². The van der Waals surface area contributed by atoms with Gasteiger partial charge in [-0.05, 0) is 100 Å². The molecule has 1 heterocycles. The van der Waals surface area contributed by atoms with Crippen LogP contribution in [0.25, 0.3) is 6.08 Å². The highest BCUT2D eigenvalue weighted by Crippen LogP contribution is 2.40. The van der Waals surface area contributed by atoms with E-state index >= 15 is 0 Å². The Labute approximate surface area is 242 Å². The molecule has 196 valence electrons. The highest BCUT2D eigenvalue weighted by molar-refractivity contribution is 9.10. The van der Waals surface area contributed by atoms with Gasteiger partial charge in [0.1, 0.15) is 6.61 Å². The van der Waals surface area contributed by atoms with Crippen LogP contribution in [-0.4, -0.2) is 40.7 Å². The second-order valence-corrected chi connectivity index (χ2v) is 10.7. The van der Waals surface area contributed by atoms with Crippen LogP contribution in [0.2, 0.25) is 10.0 Å². The maximum absolute atomic E-state index is 13.1. The molecule has 1 aliphatic heterocycles. The van der Waals surface area contributed by atoms with Crippen LogP contribution in [0.3, 0.4) is 0 Å². The lowest BCUT2D eigenvalue weighted by molar-refractivity contribution is -0.122. The summed E-state index contributed by atoms with van der Waals surface area (Å²) < 4.78 is 12.2. The summed E-state index contributed by atoms with van der Waals surface area (Å²) in [4.78, 5) is 30.8. The Morgan fingerprint density at radius 2 is 1.87 bits per heavy atom. The van der Waals surface area contributed by atoms with E-state index in [0.717, 1.165) is 11.1 Å². The number of carboxylic acid groups (broad SMARTS) is 1. The lowest BCUT2D eigenvalue weighted by atomic mass is 10.1. The summed E-state index contributed by atoms with van der Waals surface area (Å²) in [5, 5.41) is 10.5. The molecule has 0 radical (unpaired) electrons. The zero-order valence-electron chi connectivity index (χ0n) is 20.2. The van der Waals surface area contributed by atoms with Crippen LogP contribution < -0.4 is 9.47 Å². The third kappa shape index (κ3) is 6.35. The smallest absolute Gasteiger partial charge is 0.335 e. The van der Waals surface area contributed by atoms with Crippen molar-refractivity contribution in [2.75, 3.05) is 13.7 Å². The number of aromatic carboxylic acids is 1. The predicted molar refractivity (Wildman–Crippen MR) is 155 cm³/mol. The fraction of sp³-hybridized carbons (Fsp3) is 0.148. The van der Waals surface area contributed by atoms with Crippen LogP contribution in [0.4, 0.5) is 5.69 Å². The van der Waals surface area contributed by atoms with Gasteiger partial charge in [-0.15, -0.1) is 0 Å². The SMILES string of the molecule is CCN1C(=O)/C(=C/c2cc(Br)c(OCc3ccc(Cl)c(Cl)c3)c(OC)c2)SC1=Nc1ccc(C(=O)O)cc1. The third-order valence-corrected chi connectivity index (χ3v) is 7.79. The lowest BCUT2D eigenvalue weighted by Crippen LogP contribution is -2.28. The van der Waals surface area contributed by atoms with Crippen LogP contribution in [0, 0.1) is 0 Å². The summed E-state index contributed by atoms with van der Waals surface area (Å²) in [6.45, 7) is 2.55. The molecule has 7 nitrogen and oxygen atoms in total. The van der Waals surface area contributed by atoms with Crippen LogP contribution in [0.1, 0.15) is 28.4 Å². The molecule has 3 aromatic rings. The van der Waals surface area contributed by atoms with Gasteiger partial charge in [0.25, 0.3) is 5.91 Å². The maximum Gasteiger partial charge on any atom is 0.335 e.